The van der Waals surface area contributed by atoms with Gasteiger partial charge in [-0.05, 0) is 42.6 Å². The lowest BCUT2D eigenvalue weighted by atomic mass is 9.85. The first-order valence-electron chi connectivity index (χ1n) is 6.00. The third-order valence-corrected chi connectivity index (χ3v) is 4.07. The summed E-state index contributed by atoms with van der Waals surface area (Å²) in [4.78, 5) is 0. The molecule has 0 unspecified atom stereocenters. The van der Waals surface area contributed by atoms with E-state index >= 15 is 0 Å². The Bertz CT molecular complexity index is 149. The molecule has 0 saturated carbocycles. The van der Waals surface area contributed by atoms with Gasteiger partial charge in [-0.3, -0.25) is 0 Å². The van der Waals surface area contributed by atoms with Crippen LogP contribution in [0.4, 0.5) is 0 Å². The Morgan fingerprint density at radius 3 is 1.86 bits per heavy atom. The summed E-state index contributed by atoms with van der Waals surface area (Å²) in [5.41, 5.74) is 0. The van der Waals surface area contributed by atoms with Crippen LogP contribution in [0, 0.1) is 11.8 Å². The van der Waals surface area contributed by atoms with Gasteiger partial charge in [0.25, 0.3) is 0 Å². The third kappa shape index (κ3) is 6.42. The Labute approximate surface area is 93.6 Å². The molecule has 0 aliphatic carbocycles. The van der Waals surface area contributed by atoms with Crippen LogP contribution in [0.1, 0.15) is 53.4 Å². The maximum absolute atomic E-state index is 3.84. The van der Waals surface area contributed by atoms with Gasteiger partial charge in [0.1, 0.15) is 0 Å². The normalized spacial score (nSPS) is 12.7. The average Bonchev–Trinajstić information content (AvgIpc) is 1.97. The Morgan fingerprint density at radius 1 is 1.14 bits per heavy atom. The summed E-state index contributed by atoms with van der Waals surface area (Å²) >= 11 is 0. The molecule has 0 aliphatic heterocycles. The molecule has 14 heavy (non-hydrogen) atoms. The molecule has 0 heterocycles. The van der Waals surface area contributed by atoms with E-state index in [0.717, 1.165) is 11.8 Å². The van der Waals surface area contributed by atoms with Crippen LogP contribution in [0.15, 0.2) is 12.7 Å². The minimum atomic E-state index is 0.663. The second-order valence-corrected chi connectivity index (χ2v) is 7.96. The second kappa shape index (κ2) is 6.44. The fourth-order valence-corrected chi connectivity index (χ4v) is 4.63. The molecule has 0 amide bonds. The quantitative estimate of drug-likeness (QED) is 0.447. The van der Waals surface area contributed by atoms with Gasteiger partial charge in [-0.25, -0.2) is 0 Å². The fraction of sp³-hybridized carbons (Fsp3) is 0.846. The molecule has 0 N–H and O–H groups in total. The first-order valence-corrected chi connectivity index (χ1v) is 7.00. The molecule has 0 aromatic rings. The molecule has 0 aromatic carbocycles. The van der Waals surface area contributed by atoms with Crippen molar-refractivity contribution in [1.82, 2.24) is 0 Å². The predicted octanol–water partition coefficient (Wildman–Crippen LogP) is 3.57. The van der Waals surface area contributed by atoms with Crippen molar-refractivity contribution in [1.29, 1.82) is 0 Å². The highest BCUT2D eigenvalue weighted by Crippen LogP contribution is 2.41. The van der Waals surface area contributed by atoms with E-state index in [1.165, 1.54) is 35.9 Å². The fourth-order valence-electron chi connectivity index (χ4n) is 2.71. The summed E-state index contributed by atoms with van der Waals surface area (Å²) in [5, 5.41) is 0.663. The highest BCUT2D eigenvalue weighted by atomic mass is 28.1. The van der Waals surface area contributed by atoms with Crippen molar-refractivity contribution < 1.29 is 0 Å². The van der Waals surface area contributed by atoms with Gasteiger partial charge < -0.3 is 0 Å². The third-order valence-electron chi connectivity index (χ3n) is 2.75. The summed E-state index contributed by atoms with van der Waals surface area (Å²) < 4.78 is 0. The molecule has 0 spiro atoms. The van der Waals surface area contributed by atoms with Gasteiger partial charge in [0, 0.05) is 10.2 Å². The van der Waals surface area contributed by atoms with Gasteiger partial charge in [-0.1, -0.05) is 33.8 Å². The van der Waals surface area contributed by atoms with Crippen molar-refractivity contribution in [3.63, 3.8) is 0 Å². The molecule has 0 nitrogen and oxygen atoms in total. The van der Waals surface area contributed by atoms with Gasteiger partial charge in [0.2, 0.25) is 0 Å². The summed E-state index contributed by atoms with van der Waals surface area (Å²) in [6.45, 7) is 13.2. The largest absolute Gasteiger partial charge is 0.103 e. The number of hydrogen-bond donors (Lipinski definition) is 0. The van der Waals surface area contributed by atoms with Gasteiger partial charge in [-0.2, -0.15) is 0 Å². The van der Waals surface area contributed by atoms with Crippen molar-refractivity contribution in [2.75, 3.05) is 0 Å². The number of rotatable bonds is 7. The van der Waals surface area contributed by atoms with Crippen LogP contribution in [0.5, 0.6) is 0 Å². The van der Waals surface area contributed by atoms with E-state index in [2.05, 4.69) is 40.3 Å². The molecule has 0 aromatic heterocycles. The lowest BCUT2D eigenvalue weighted by Crippen LogP contribution is -2.18. The van der Waals surface area contributed by atoms with Crippen molar-refractivity contribution in [3.8, 4) is 0 Å². The van der Waals surface area contributed by atoms with E-state index < -0.39 is 0 Å². The van der Waals surface area contributed by atoms with E-state index in [9.17, 15) is 0 Å². The number of allylic oxidation sites excluding steroid dienone is 1. The highest BCUT2D eigenvalue weighted by Gasteiger charge is 2.25. The zero-order valence-corrected chi connectivity index (χ0v) is 12.8. The van der Waals surface area contributed by atoms with Crippen molar-refractivity contribution in [2.45, 2.75) is 58.4 Å². The van der Waals surface area contributed by atoms with Gasteiger partial charge in [0.15, 0.2) is 0 Å². The molecule has 0 rings (SSSR count). The van der Waals surface area contributed by atoms with Crippen LogP contribution in [0.25, 0.3) is 0 Å². The molecule has 1 heteroatoms. The summed E-state index contributed by atoms with van der Waals surface area (Å²) in [6.07, 6.45) is 7.45. The maximum atomic E-state index is 3.84. The molecule has 0 radical (unpaired) electrons. The average molecular weight is 212 g/mol. The van der Waals surface area contributed by atoms with Crippen molar-refractivity contribution >= 4 is 10.2 Å². The lowest BCUT2D eigenvalue weighted by Gasteiger charge is -2.33. The maximum Gasteiger partial charge on any atom is 0.0107 e. The standard InChI is InChI=1S/C13H28Si/c1-6-7-8-13(14,9-11(2)3)10-12(4)5/h6,11-12H,1,7-10H2,2-5,14H3. The van der Waals surface area contributed by atoms with E-state index in [4.69, 9.17) is 0 Å². The van der Waals surface area contributed by atoms with Crippen molar-refractivity contribution in [3.05, 3.63) is 12.7 Å². The topological polar surface area (TPSA) is 0 Å². The molecular formula is C13H28Si. The molecule has 0 atom stereocenters. The summed E-state index contributed by atoms with van der Waals surface area (Å²) in [6, 6.07) is 0. The summed E-state index contributed by atoms with van der Waals surface area (Å²) in [5.74, 6) is 1.69. The van der Waals surface area contributed by atoms with Crippen LogP contribution in [0.3, 0.4) is 0 Å². The van der Waals surface area contributed by atoms with E-state index in [1.54, 1.807) is 0 Å². The van der Waals surface area contributed by atoms with Crippen LogP contribution in [-0.2, 0) is 0 Å². The molecule has 0 aliphatic rings. The van der Waals surface area contributed by atoms with Crippen molar-refractivity contribution in [2.24, 2.45) is 11.8 Å². The molecule has 84 valence electrons. The molecule has 0 saturated heterocycles. The van der Waals surface area contributed by atoms with Crippen LogP contribution in [0.2, 0.25) is 5.04 Å². The highest BCUT2D eigenvalue weighted by molar-refractivity contribution is 6.15. The zero-order valence-electron chi connectivity index (χ0n) is 10.8. The molecule has 0 bridgehead atoms. The monoisotopic (exact) mass is 212 g/mol. The first kappa shape index (κ1) is 14.0. The molecular weight excluding hydrogens is 184 g/mol. The smallest absolute Gasteiger partial charge is 0.0107 e. The Morgan fingerprint density at radius 2 is 1.57 bits per heavy atom. The van der Waals surface area contributed by atoms with E-state index in [-0.39, 0.29) is 0 Å². The Balaban J connectivity index is 4.24. The SMILES string of the molecule is C=CCCC([SiH3])(CC(C)C)CC(C)C. The molecule has 0 fully saturated rings. The minimum Gasteiger partial charge on any atom is -0.103 e. The first-order chi connectivity index (χ1) is 6.39. The van der Waals surface area contributed by atoms with E-state index in [1.807, 2.05) is 0 Å². The summed E-state index contributed by atoms with van der Waals surface area (Å²) in [7, 11) is 1.33. The van der Waals surface area contributed by atoms with Crippen LogP contribution < -0.4 is 0 Å². The zero-order chi connectivity index (χ0) is 11.2. The van der Waals surface area contributed by atoms with Crippen LogP contribution in [-0.4, -0.2) is 10.2 Å². The Hall–Kier alpha value is -0.0431. The number of hydrogen-bond acceptors (Lipinski definition) is 0. The van der Waals surface area contributed by atoms with Gasteiger partial charge >= 0.3 is 0 Å². The van der Waals surface area contributed by atoms with Gasteiger partial charge in [0.05, 0.1) is 0 Å². The van der Waals surface area contributed by atoms with Crippen LogP contribution >= 0.6 is 0 Å². The van der Waals surface area contributed by atoms with E-state index in [0.29, 0.717) is 5.04 Å². The minimum absolute atomic E-state index is 0.663. The van der Waals surface area contributed by atoms with Gasteiger partial charge in [-0.15, -0.1) is 6.58 Å². The lowest BCUT2D eigenvalue weighted by molar-refractivity contribution is 0.346. The Kier molecular flexibility index (Phi) is 6.42. The second-order valence-electron chi connectivity index (χ2n) is 5.83. The predicted molar refractivity (Wildman–Crippen MR) is 71.0 cm³/mol.